The van der Waals surface area contributed by atoms with Crippen molar-refractivity contribution in [2.24, 2.45) is 0 Å². The zero-order valence-corrected chi connectivity index (χ0v) is 15.7. The van der Waals surface area contributed by atoms with Crippen LogP contribution in [0.2, 0.25) is 0 Å². The molecule has 0 aliphatic carbocycles. The molecule has 1 atom stereocenters. The van der Waals surface area contributed by atoms with Gasteiger partial charge in [-0.2, -0.15) is 0 Å². The normalized spacial score (nSPS) is 14.4. The number of benzene rings is 2. The van der Waals surface area contributed by atoms with E-state index in [1.54, 1.807) is 12.4 Å². The quantitative estimate of drug-likeness (QED) is 0.545. The van der Waals surface area contributed by atoms with Crippen LogP contribution in [-0.4, -0.2) is 26.0 Å². The smallest absolute Gasteiger partial charge is 0.182 e. The molecule has 3 heterocycles. The predicted octanol–water partition coefficient (Wildman–Crippen LogP) is 4.34. The van der Waals surface area contributed by atoms with E-state index < -0.39 is 0 Å². The number of nitrogens with zero attached hydrogens (tertiary/aromatic N) is 3. The molecule has 4 aromatic rings. The molecule has 0 spiro atoms. The van der Waals surface area contributed by atoms with Gasteiger partial charge in [0.1, 0.15) is 29.2 Å². The van der Waals surface area contributed by atoms with Gasteiger partial charge in [-0.15, -0.1) is 0 Å². The van der Waals surface area contributed by atoms with Gasteiger partial charge in [-0.1, -0.05) is 30.3 Å². The Balaban J connectivity index is 1.57. The fraction of sp³-hybridized carbons (Fsp3) is 0.136. The maximum atomic E-state index is 13.9. The molecule has 0 radical (unpaired) electrons. The maximum Gasteiger partial charge on any atom is 0.182 e. The van der Waals surface area contributed by atoms with Gasteiger partial charge in [-0.25, -0.2) is 19.3 Å². The Bertz CT molecular complexity index is 1230. The zero-order valence-electron chi connectivity index (χ0n) is 15.7. The van der Waals surface area contributed by atoms with Crippen molar-refractivity contribution in [3.8, 4) is 5.75 Å². The van der Waals surface area contributed by atoms with Crippen LogP contribution in [0.4, 0.5) is 10.2 Å². The van der Waals surface area contributed by atoms with E-state index in [0.717, 1.165) is 33.7 Å². The van der Waals surface area contributed by atoms with Gasteiger partial charge in [0.05, 0.1) is 12.4 Å². The molecule has 2 N–H and O–H groups in total. The standard InChI is InChI=1S/C22H18FN5O/c1-13(28-22-19-21(25-11-24-19)26-12-27-22)20-17(14-6-4-7-16(23)9-14)10-15-5-2-3-8-18(15)29-20/h2-9,11-13H,10H2,1H3,(H2,24,25,26,27,28)/t13-/m1/s1. The molecule has 1 aliphatic rings. The van der Waals surface area contributed by atoms with E-state index in [-0.39, 0.29) is 11.9 Å². The number of fused-ring (bicyclic) bond motifs is 2. The van der Waals surface area contributed by atoms with Crippen LogP contribution in [0.25, 0.3) is 16.7 Å². The first-order valence-corrected chi connectivity index (χ1v) is 9.34. The van der Waals surface area contributed by atoms with Crippen molar-refractivity contribution < 1.29 is 9.13 Å². The summed E-state index contributed by atoms with van der Waals surface area (Å²) in [4.78, 5) is 15.7. The van der Waals surface area contributed by atoms with E-state index in [1.807, 2.05) is 37.3 Å². The monoisotopic (exact) mass is 387 g/mol. The summed E-state index contributed by atoms with van der Waals surface area (Å²) in [5.74, 6) is 1.91. The van der Waals surface area contributed by atoms with Crippen LogP contribution in [-0.2, 0) is 6.42 Å². The number of imidazole rings is 1. The molecule has 2 aromatic carbocycles. The number of aromatic nitrogens is 4. The van der Waals surface area contributed by atoms with Crippen LogP contribution >= 0.6 is 0 Å². The van der Waals surface area contributed by atoms with Crippen molar-refractivity contribution in [2.75, 3.05) is 5.32 Å². The van der Waals surface area contributed by atoms with Crippen molar-refractivity contribution in [1.29, 1.82) is 0 Å². The highest BCUT2D eigenvalue weighted by Crippen LogP contribution is 2.37. The van der Waals surface area contributed by atoms with Crippen molar-refractivity contribution in [3.05, 3.63) is 83.9 Å². The minimum Gasteiger partial charge on any atom is -0.459 e. The fourth-order valence-corrected chi connectivity index (χ4v) is 3.62. The van der Waals surface area contributed by atoms with Gasteiger partial charge < -0.3 is 15.0 Å². The highest BCUT2D eigenvalue weighted by atomic mass is 19.1. The average Bonchev–Trinajstić information content (AvgIpc) is 3.23. The molecule has 7 heteroatoms. The molecular formula is C22H18FN5O. The largest absolute Gasteiger partial charge is 0.459 e. The number of H-pyrrole nitrogens is 1. The average molecular weight is 387 g/mol. The number of para-hydroxylation sites is 1. The summed E-state index contributed by atoms with van der Waals surface area (Å²) in [6.07, 6.45) is 3.71. The summed E-state index contributed by atoms with van der Waals surface area (Å²) in [5, 5.41) is 3.39. The van der Waals surface area contributed by atoms with Crippen molar-refractivity contribution in [3.63, 3.8) is 0 Å². The van der Waals surface area contributed by atoms with Crippen LogP contribution in [0.5, 0.6) is 5.75 Å². The van der Waals surface area contributed by atoms with Gasteiger partial charge >= 0.3 is 0 Å². The molecule has 0 fully saturated rings. The van der Waals surface area contributed by atoms with E-state index in [9.17, 15) is 4.39 Å². The molecular weight excluding hydrogens is 369 g/mol. The Morgan fingerprint density at radius 2 is 2.00 bits per heavy atom. The molecule has 6 nitrogen and oxygen atoms in total. The van der Waals surface area contributed by atoms with Crippen LogP contribution < -0.4 is 10.1 Å². The molecule has 0 unspecified atom stereocenters. The summed E-state index contributed by atoms with van der Waals surface area (Å²) in [6.45, 7) is 1.99. The number of aromatic amines is 1. The summed E-state index contributed by atoms with van der Waals surface area (Å²) >= 11 is 0. The van der Waals surface area contributed by atoms with Crippen molar-refractivity contribution in [1.82, 2.24) is 19.9 Å². The van der Waals surface area contributed by atoms with Gasteiger partial charge in [-0.05, 0) is 36.2 Å². The lowest BCUT2D eigenvalue weighted by Gasteiger charge is -2.28. The number of hydrogen-bond donors (Lipinski definition) is 2. The third-order valence-corrected chi connectivity index (χ3v) is 5.00. The van der Waals surface area contributed by atoms with Crippen LogP contribution in [0.1, 0.15) is 18.1 Å². The van der Waals surface area contributed by atoms with Crippen LogP contribution in [0.3, 0.4) is 0 Å². The molecule has 0 saturated carbocycles. The summed E-state index contributed by atoms with van der Waals surface area (Å²) < 4.78 is 20.2. The first-order valence-electron chi connectivity index (χ1n) is 9.34. The molecule has 29 heavy (non-hydrogen) atoms. The van der Waals surface area contributed by atoms with E-state index in [0.29, 0.717) is 17.9 Å². The van der Waals surface area contributed by atoms with Crippen LogP contribution in [0.15, 0.2) is 66.9 Å². The van der Waals surface area contributed by atoms with E-state index >= 15 is 0 Å². The first-order chi connectivity index (χ1) is 14.2. The number of nitrogens with one attached hydrogen (secondary N) is 2. The van der Waals surface area contributed by atoms with E-state index in [1.165, 1.54) is 18.5 Å². The second-order valence-electron chi connectivity index (χ2n) is 6.93. The number of ether oxygens (including phenoxy) is 1. The third-order valence-electron chi connectivity index (χ3n) is 5.00. The second-order valence-corrected chi connectivity index (χ2v) is 6.93. The molecule has 144 valence electrons. The Kier molecular flexibility index (Phi) is 4.20. The minimum atomic E-state index is -0.274. The summed E-state index contributed by atoms with van der Waals surface area (Å²) in [6, 6.07) is 14.3. The second kappa shape index (κ2) is 7.01. The fourth-order valence-electron chi connectivity index (χ4n) is 3.62. The van der Waals surface area contributed by atoms with Crippen molar-refractivity contribution in [2.45, 2.75) is 19.4 Å². The molecule has 0 bridgehead atoms. The first kappa shape index (κ1) is 17.4. The van der Waals surface area contributed by atoms with Crippen LogP contribution in [0, 0.1) is 5.82 Å². The number of allylic oxidation sites excluding steroid dienone is 1. The number of hydrogen-bond acceptors (Lipinski definition) is 5. The summed E-state index contributed by atoms with van der Waals surface area (Å²) in [5.41, 5.74) is 4.13. The SMILES string of the molecule is C[C@@H](Nc1ncnc2nc[nH]c12)C1=C(c2cccc(F)c2)Cc2ccccc2O1. The predicted molar refractivity (Wildman–Crippen MR) is 109 cm³/mol. The lowest BCUT2D eigenvalue weighted by molar-refractivity contribution is 0.387. The molecule has 0 amide bonds. The van der Waals surface area contributed by atoms with Gasteiger partial charge in [0, 0.05) is 12.0 Å². The zero-order chi connectivity index (χ0) is 19.8. The maximum absolute atomic E-state index is 13.9. The minimum absolute atomic E-state index is 0.219. The molecule has 1 aliphatic heterocycles. The summed E-state index contributed by atoms with van der Waals surface area (Å²) in [7, 11) is 0. The Hall–Kier alpha value is -3.74. The Morgan fingerprint density at radius 1 is 1.10 bits per heavy atom. The topological polar surface area (TPSA) is 75.7 Å². The third kappa shape index (κ3) is 3.20. The van der Waals surface area contributed by atoms with E-state index in [4.69, 9.17) is 4.74 Å². The highest BCUT2D eigenvalue weighted by molar-refractivity contribution is 5.82. The van der Waals surface area contributed by atoms with Crippen molar-refractivity contribution >= 4 is 22.6 Å². The number of rotatable bonds is 4. The lowest BCUT2D eigenvalue weighted by atomic mass is 9.92. The van der Waals surface area contributed by atoms with Gasteiger partial charge in [0.2, 0.25) is 0 Å². The van der Waals surface area contributed by atoms with E-state index in [2.05, 4.69) is 25.3 Å². The Labute approximate surface area is 166 Å². The number of anilines is 1. The van der Waals surface area contributed by atoms with Gasteiger partial charge in [0.25, 0.3) is 0 Å². The highest BCUT2D eigenvalue weighted by Gasteiger charge is 2.26. The van der Waals surface area contributed by atoms with Gasteiger partial charge in [-0.3, -0.25) is 0 Å². The molecule has 5 rings (SSSR count). The van der Waals surface area contributed by atoms with Gasteiger partial charge in [0.15, 0.2) is 11.5 Å². The molecule has 2 aromatic heterocycles. The number of halogens is 1. The lowest BCUT2D eigenvalue weighted by Crippen LogP contribution is -2.26. The Morgan fingerprint density at radius 3 is 2.90 bits per heavy atom. The molecule has 0 saturated heterocycles.